The highest BCUT2D eigenvalue weighted by molar-refractivity contribution is 5.81. The zero-order valence-corrected chi connectivity index (χ0v) is 21.4. The largest absolute Gasteiger partial charge is 0.311 e. The van der Waals surface area contributed by atoms with Crippen LogP contribution in [0.5, 0.6) is 0 Å². The second-order valence-corrected chi connectivity index (χ2v) is 9.54. The molecule has 0 aliphatic heterocycles. The molecule has 0 aromatic heterocycles. The van der Waals surface area contributed by atoms with Gasteiger partial charge in [0.05, 0.1) is 0 Å². The fourth-order valence-electron chi connectivity index (χ4n) is 4.57. The molecule has 0 radical (unpaired) electrons. The first kappa shape index (κ1) is 23.4. The van der Waals surface area contributed by atoms with Crippen LogP contribution in [0.1, 0.15) is 22.3 Å². The molecule has 36 heavy (non-hydrogen) atoms. The van der Waals surface area contributed by atoms with Crippen molar-refractivity contribution >= 4 is 34.1 Å². The number of benzene rings is 5. The summed E-state index contributed by atoms with van der Waals surface area (Å²) in [5.41, 5.74) is 11.8. The van der Waals surface area contributed by atoms with Crippen LogP contribution < -0.4 is 9.80 Å². The third-order valence-corrected chi connectivity index (χ3v) is 6.47. The Morgan fingerprint density at radius 3 is 0.944 bits per heavy atom. The van der Waals surface area contributed by atoms with Gasteiger partial charge in [0, 0.05) is 34.1 Å². The summed E-state index contributed by atoms with van der Waals surface area (Å²) in [6, 6.07) is 43.7. The lowest BCUT2D eigenvalue weighted by Crippen LogP contribution is -2.12. The van der Waals surface area contributed by atoms with Crippen LogP contribution in [-0.2, 0) is 0 Å². The zero-order valence-electron chi connectivity index (χ0n) is 21.4. The van der Waals surface area contributed by atoms with Crippen LogP contribution >= 0.6 is 0 Å². The fraction of sp³-hybridized carbons (Fsp3) is 0.118. The molecule has 5 rings (SSSR count). The molecule has 2 heteroatoms. The van der Waals surface area contributed by atoms with Gasteiger partial charge >= 0.3 is 0 Å². The van der Waals surface area contributed by atoms with E-state index >= 15 is 0 Å². The summed E-state index contributed by atoms with van der Waals surface area (Å²) >= 11 is 0. The maximum Gasteiger partial charge on any atom is 0.0464 e. The second-order valence-electron chi connectivity index (χ2n) is 9.54. The second kappa shape index (κ2) is 10.1. The van der Waals surface area contributed by atoms with E-state index in [2.05, 4.69) is 159 Å². The summed E-state index contributed by atoms with van der Waals surface area (Å²) in [7, 11) is 0. The third-order valence-electron chi connectivity index (χ3n) is 6.47. The van der Waals surface area contributed by atoms with Gasteiger partial charge in [0.15, 0.2) is 0 Å². The average molecular weight is 469 g/mol. The van der Waals surface area contributed by atoms with Crippen LogP contribution in [0.3, 0.4) is 0 Å². The van der Waals surface area contributed by atoms with Gasteiger partial charge in [-0.05, 0) is 112 Å². The monoisotopic (exact) mass is 468 g/mol. The van der Waals surface area contributed by atoms with Crippen LogP contribution in [0.15, 0.2) is 121 Å². The van der Waals surface area contributed by atoms with Crippen molar-refractivity contribution in [3.8, 4) is 0 Å². The van der Waals surface area contributed by atoms with E-state index in [1.165, 1.54) is 22.3 Å². The van der Waals surface area contributed by atoms with Crippen LogP contribution in [0, 0.1) is 27.7 Å². The molecule has 2 nitrogen and oxygen atoms in total. The highest BCUT2D eigenvalue weighted by atomic mass is 15.2. The van der Waals surface area contributed by atoms with E-state index in [0.29, 0.717) is 0 Å². The molecule has 178 valence electrons. The number of hydrogen-bond acceptors (Lipinski definition) is 2. The van der Waals surface area contributed by atoms with E-state index < -0.39 is 0 Å². The van der Waals surface area contributed by atoms with Gasteiger partial charge in [-0.2, -0.15) is 0 Å². The van der Waals surface area contributed by atoms with Crippen LogP contribution in [-0.4, -0.2) is 0 Å². The van der Waals surface area contributed by atoms with E-state index in [1.807, 2.05) is 0 Å². The molecule has 0 atom stereocenters. The Balaban J connectivity index is 1.59. The SMILES string of the molecule is Cc1ccc(N(c2ccc(C)cc2)c2ccc(N(c3cccc(C)c3)c3cccc(C)c3)cc2)cc1. The van der Waals surface area contributed by atoms with Crippen molar-refractivity contribution in [3.63, 3.8) is 0 Å². The summed E-state index contributed by atoms with van der Waals surface area (Å²) in [5.74, 6) is 0. The van der Waals surface area contributed by atoms with Gasteiger partial charge in [-0.3, -0.25) is 0 Å². The lowest BCUT2D eigenvalue weighted by Gasteiger charge is -2.28. The molecule has 0 spiro atoms. The van der Waals surface area contributed by atoms with E-state index in [0.717, 1.165) is 34.1 Å². The van der Waals surface area contributed by atoms with Crippen molar-refractivity contribution in [2.24, 2.45) is 0 Å². The molecule has 0 bridgehead atoms. The van der Waals surface area contributed by atoms with Crippen molar-refractivity contribution in [3.05, 3.63) is 144 Å². The van der Waals surface area contributed by atoms with Crippen molar-refractivity contribution in [1.82, 2.24) is 0 Å². The number of hydrogen-bond donors (Lipinski definition) is 0. The summed E-state index contributed by atoms with van der Waals surface area (Å²) in [4.78, 5) is 4.64. The minimum Gasteiger partial charge on any atom is -0.311 e. The van der Waals surface area contributed by atoms with Crippen molar-refractivity contribution in [2.75, 3.05) is 9.80 Å². The molecule has 0 unspecified atom stereocenters. The number of anilines is 6. The molecule has 0 aliphatic carbocycles. The zero-order chi connectivity index (χ0) is 25.1. The maximum absolute atomic E-state index is 2.33. The summed E-state index contributed by atoms with van der Waals surface area (Å²) in [6.07, 6.45) is 0. The predicted molar refractivity (Wildman–Crippen MR) is 155 cm³/mol. The normalized spacial score (nSPS) is 10.8. The molecule has 5 aromatic carbocycles. The quantitative estimate of drug-likeness (QED) is 0.245. The fourth-order valence-corrected chi connectivity index (χ4v) is 4.57. The summed E-state index contributed by atoms with van der Waals surface area (Å²) in [6.45, 7) is 8.53. The lowest BCUT2D eigenvalue weighted by atomic mass is 10.1. The van der Waals surface area contributed by atoms with E-state index in [9.17, 15) is 0 Å². The summed E-state index contributed by atoms with van der Waals surface area (Å²) in [5, 5.41) is 0. The Hall–Kier alpha value is -4.30. The third kappa shape index (κ3) is 5.04. The maximum atomic E-state index is 2.33. The first-order chi connectivity index (χ1) is 17.5. The van der Waals surface area contributed by atoms with E-state index in [4.69, 9.17) is 0 Å². The van der Waals surface area contributed by atoms with Crippen LogP contribution in [0.25, 0.3) is 0 Å². The van der Waals surface area contributed by atoms with Gasteiger partial charge in [-0.1, -0.05) is 59.7 Å². The topological polar surface area (TPSA) is 6.48 Å². The van der Waals surface area contributed by atoms with Gasteiger partial charge < -0.3 is 9.80 Å². The number of rotatable bonds is 6. The smallest absolute Gasteiger partial charge is 0.0464 e. The van der Waals surface area contributed by atoms with Crippen molar-refractivity contribution in [2.45, 2.75) is 27.7 Å². The molecule has 0 N–H and O–H groups in total. The van der Waals surface area contributed by atoms with Crippen molar-refractivity contribution < 1.29 is 0 Å². The lowest BCUT2D eigenvalue weighted by molar-refractivity contribution is 1.24. The molecule has 0 saturated heterocycles. The standard InChI is InChI=1S/C34H32N2/c1-25-11-15-29(16-12-25)35(30-17-13-26(2)14-18-30)31-19-21-32(22-20-31)36(33-9-5-7-27(3)23-33)34-10-6-8-28(4)24-34/h5-24H,1-4H3. The molecular formula is C34H32N2. The Morgan fingerprint density at radius 2 is 0.611 bits per heavy atom. The molecule has 0 saturated carbocycles. The Morgan fingerprint density at radius 1 is 0.306 bits per heavy atom. The summed E-state index contributed by atoms with van der Waals surface area (Å²) < 4.78 is 0. The Labute approximate surface area is 215 Å². The van der Waals surface area contributed by atoms with Gasteiger partial charge in [0.25, 0.3) is 0 Å². The molecule has 0 heterocycles. The first-order valence-corrected chi connectivity index (χ1v) is 12.4. The minimum absolute atomic E-state index is 1.12. The average Bonchev–Trinajstić information content (AvgIpc) is 2.88. The van der Waals surface area contributed by atoms with Gasteiger partial charge in [-0.25, -0.2) is 0 Å². The predicted octanol–water partition coefficient (Wildman–Crippen LogP) is 9.86. The minimum atomic E-state index is 1.12. The van der Waals surface area contributed by atoms with Gasteiger partial charge in [0.2, 0.25) is 0 Å². The van der Waals surface area contributed by atoms with E-state index in [1.54, 1.807) is 0 Å². The van der Waals surface area contributed by atoms with Crippen molar-refractivity contribution in [1.29, 1.82) is 0 Å². The molecule has 0 amide bonds. The van der Waals surface area contributed by atoms with E-state index in [-0.39, 0.29) is 0 Å². The highest BCUT2D eigenvalue weighted by Gasteiger charge is 2.16. The van der Waals surface area contributed by atoms with Crippen LogP contribution in [0.4, 0.5) is 34.1 Å². The molecule has 0 fully saturated rings. The molecule has 0 aliphatic rings. The molecular weight excluding hydrogens is 436 g/mol. The Bertz CT molecular complexity index is 1360. The first-order valence-electron chi connectivity index (χ1n) is 12.4. The van der Waals surface area contributed by atoms with Gasteiger partial charge in [0.1, 0.15) is 0 Å². The highest BCUT2D eigenvalue weighted by Crippen LogP contribution is 2.39. The van der Waals surface area contributed by atoms with Crippen LogP contribution in [0.2, 0.25) is 0 Å². The van der Waals surface area contributed by atoms with Gasteiger partial charge in [-0.15, -0.1) is 0 Å². The Kier molecular flexibility index (Phi) is 6.60. The number of nitrogens with zero attached hydrogens (tertiary/aromatic N) is 2. The molecule has 5 aromatic rings. The number of aryl methyl sites for hydroxylation is 4.